The maximum Gasteiger partial charge on any atom is 0.292 e. The van der Waals surface area contributed by atoms with Gasteiger partial charge in [-0.15, -0.1) is 0 Å². The first-order chi connectivity index (χ1) is 16.5. The fourth-order valence-corrected chi connectivity index (χ4v) is 4.44. The quantitative estimate of drug-likeness (QED) is 0.436. The lowest BCUT2D eigenvalue weighted by Gasteiger charge is -2.36. The molecule has 1 aliphatic heterocycles. The smallest absolute Gasteiger partial charge is 0.292 e. The van der Waals surface area contributed by atoms with Gasteiger partial charge in [-0.05, 0) is 24.3 Å². The molecule has 0 N–H and O–H groups in total. The molecule has 174 valence electrons. The number of para-hydroxylation sites is 1. The van der Waals surface area contributed by atoms with Gasteiger partial charge in [0, 0.05) is 43.2 Å². The third-order valence-corrected chi connectivity index (χ3v) is 6.43. The van der Waals surface area contributed by atoms with Gasteiger partial charge in [0.2, 0.25) is 5.91 Å². The SMILES string of the molecule is COc1ccc2c(CC(=O)N3CCN(c4cnn(-c5ccccc5)c(=O)c4Cl)CC3)coc2c1. The van der Waals surface area contributed by atoms with Gasteiger partial charge in [0.1, 0.15) is 16.4 Å². The van der Waals surface area contributed by atoms with Crippen molar-refractivity contribution in [3.05, 3.63) is 81.9 Å². The van der Waals surface area contributed by atoms with E-state index in [1.807, 2.05) is 46.2 Å². The number of rotatable bonds is 5. The maximum absolute atomic E-state index is 12.9. The van der Waals surface area contributed by atoms with Crippen LogP contribution in [0.1, 0.15) is 5.56 Å². The Morgan fingerprint density at radius 1 is 1.12 bits per heavy atom. The molecule has 0 spiro atoms. The van der Waals surface area contributed by atoms with Crippen LogP contribution < -0.4 is 15.2 Å². The predicted octanol–water partition coefficient (Wildman–Crippen LogP) is 3.53. The fourth-order valence-electron chi connectivity index (χ4n) is 4.20. The summed E-state index contributed by atoms with van der Waals surface area (Å²) in [7, 11) is 1.60. The topological polar surface area (TPSA) is 80.8 Å². The van der Waals surface area contributed by atoms with Crippen LogP contribution >= 0.6 is 11.6 Å². The van der Waals surface area contributed by atoms with Crippen LogP contribution in [0.5, 0.6) is 5.75 Å². The number of methoxy groups -OCH3 is 1. The molecule has 0 saturated carbocycles. The van der Waals surface area contributed by atoms with Crippen molar-refractivity contribution in [2.75, 3.05) is 38.2 Å². The van der Waals surface area contributed by atoms with Gasteiger partial charge in [-0.3, -0.25) is 9.59 Å². The summed E-state index contributed by atoms with van der Waals surface area (Å²) in [6.45, 7) is 2.18. The first kappa shape index (κ1) is 22.0. The van der Waals surface area contributed by atoms with Gasteiger partial charge < -0.3 is 19.0 Å². The highest BCUT2D eigenvalue weighted by Crippen LogP contribution is 2.27. The van der Waals surface area contributed by atoms with E-state index in [0.29, 0.717) is 48.9 Å². The molecule has 1 fully saturated rings. The van der Waals surface area contributed by atoms with Crippen molar-refractivity contribution in [1.82, 2.24) is 14.7 Å². The Morgan fingerprint density at radius 2 is 1.88 bits per heavy atom. The van der Waals surface area contributed by atoms with E-state index in [9.17, 15) is 9.59 Å². The van der Waals surface area contributed by atoms with Crippen molar-refractivity contribution in [1.29, 1.82) is 0 Å². The maximum atomic E-state index is 12.9. The molecule has 3 heterocycles. The Labute approximate surface area is 200 Å². The molecule has 1 amide bonds. The Kier molecular flexibility index (Phi) is 5.98. The summed E-state index contributed by atoms with van der Waals surface area (Å²) in [4.78, 5) is 29.6. The van der Waals surface area contributed by atoms with Crippen LogP contribution in [0, 0.1) is 0 Å². The zero-order valence-corrected chi connectivity index (χ0v) is 19.4. The second-order valence-electron chi connectivity index (χ2n) is 8.06. The number of furan rings is 1. The molecular weight excluding hydrogens is 456 g/mol. The third kappa shape index (κ3) is 4.12. The van der Waals surface area contributed by atoms with Gasteiger partial charge in [0.15, 0.2) is 0 Å². The molecule has 8 nitrogen and oxygen atoms in total. The standard InChI is InChI=1S/C25H23ClN4O4/c1-33-19-7-8-20-17(16-34-22(20)14-19)13-23(31)29-11-9-28(10-12-29)21-15-27-30(25(32)24(21)26)18-5-3-2-4-6-18/h2-8,14-16H,9-13H2,1H3. The van der Waals surface area contributed by atoms with E-state index in [1.54, 1.807) is 31.7 Å². The first-order valence-electron chi connectivity index (χ1n) is 11.0. The lowest BCUT2D eigenvalue weighted by Crippen LogP contribution is -2.49. The number of nitrogens with zero attached hydrogens (tertiary/aromatic N) is 4. The lowest BCUT2D eigenvalue weighted by atomic mass is 10.1. The molecule has 1 aliphatic rings. The van der Waals surface area contributed by atoms with Crippen molar-refractivity contribution < 1.29 is 13.9 Å². The summed E-state index contributed by atoms with van der Waals surface area (Å²) >= 11 is 6.44. The average molecular weight is 479 g/mol. The fraction of sp³-hybridized carbons (Fsp3) is 0.240. The van der Waals surface area contributed by atoms with E-state index >= 15 is 0 Å². The number of halogens is 1. The highest BCUT2D eigenvalue weighted by atomic mass is 35.5. The van der Waals surface area contributed by atoms with E-state index in [1.165, 1.54) is 4.68 Å². The highest BCUT2D eigenvalue weighted by molar-refractivity contribution is 6.33. The zero-order valence-electron chi connectivity index (χ0n) is 18.6. The van der Waals surface area contributed by atoms with Crippen molar-refractivity contribution in [3.8, 4) is 11.4 Å². The minimum atomic E-state index is -0.368. The molecule has 9 heteroatoms. The van der Waals surface area contributed by atoms with E-state index < -0.39 is 0 Å². The second-order valence-corrected chi connectivity index (χ2v) is 8.44. The average Bonchev–Trinajstić information content (AvgIpc) is 3.28. The minimum Gasteiger partial charge on any atom is -0.497 e. The van der Waals surface area contributed by atoms with E-state index in [0.717, 1.165) is 10.9 Å². The molecule has 4 aromatic rings. The number of aromatic nitrogens is 2. The normalized spacial score (nSPS) is 13.9. The van der Waals surface area contributed by atoms with Crippen LogP contribution in [-0.4, -0.2) is 53.9 Å². The molecule has 1 saturated heterocycles. The number of hydrogen-bond donors (Lipinski definition) is 0. The van der Waals surface area contributed by atoms with Gasteiger partial charge in [0.05, 0.1) is 37.4 Å². The molecule has 0 unspecified atom stereocenters. The van der Waals surface area contributed by atoms with Gasteiger partial charge in [-0.2, -0.15) is 9.78 Å². The van der Waals surface area contributed by atoms with Crippen LogP contribution in [0.4, 0.5) is 5.69 Å². The predicted molar refractivity (Wildman–Crippen MR) is 130 cm³/mol. The Hall–Kier alpha value is -3.78. The molecule has 2 aromatic heterocycles. The summed E-state index contributed by atoms with van der Waals surface area (Å²) in [5.74, 6) is 0.738. The molecule has 0 bridgehead atoms. The number of carbonyl (C=O) groups excluding carboxylic acids is 1. The zero-order chi connectivity index (χ0) is 23.7. The van der Waals surface area contributed by atoms with Crippen LogP contribution in [-0.2, 0) is 11.2 Å². The van der Waals surface area contributed by atoms with Crippen LogP contribution in [0.2, 0.25) is 5.02 Å². The Bertz CT molecular complexity index is 1390. The van der Waals surface area contributed by atoms with E-state index in [4.69, 9.17) is 20.8 Å². The van der Waals surface area contributed by atoms with Crippen molar-refractivity contribution >= 4 is 34.2 Å². The minimum absolute atomic E-state index is 0.0295. The van der Waals surface area contributed by atoms with Gasteiger partial charge in [0.25, 0.3) is 5.56 Å². The summed E-state index contributed by atoms with van der Waals surface area (Å²) < 4.78 is 12.1. The van der Waals surface area contributed by atoms with Crippen molar-refractivity contribution in [2.24, 2.45) is 0 Å². The van der Waals surface area contributed by atoms with Crippen LogP contribution in [0.15, 0.2) is 70.2 Å². The molecule has 0 radical (unpaired) electrons. The number of fused-ring (bicyclic) bond motifs is 1. The van der Waals surface area contributed by atoms with Gasteiger partial charge in [-0.1, -0.05) is 29.8 Å². The summed E-state index contributed by atoms with van der Waals surface area (Å²) in [6, 6.07) is 14.7. The molecular formula is C25H23ClN4O4. The lowest BCUT2D eigenvalue weighted by molar-refractivity contribution is -0.130. The van der Waals surface area contributed by atoms with E-state index in [2.05, 4.69) is 5.10 Å². The number of piperazine rings is 1. The van der Waals surface area contributed by atoms with Crippen LogP contribution in [0.25, 0.3) is 16.7 Å². The summed E-state index contributed by atoms with van der Waals surface area (Å²) in [5, 5.41) is 5.34. The molecule has 0 atom stereocenters. The first-order valence-corrected chi connectivity index (χ1v) is 11.3. The number of ether oxygens (including phenoxy) is 1. The molecule has 34 heavy (non-hydrogen) atoms. The number of amides is 1. The number of carbonyl (C=O) groups is 1. The molecule has 5 rings (SSSR count). The third-order valence-electron chi connectivity index (χ3n) is 6.08. The van der Waals surface area contributed by atoms with E-state index in [-0.39, 0.29) is 22.9 Å². The second kappa shape index (κ2) is 9.23. The largest absolute Gasteiger partial charge is 0.497 e. The number of hydrogen-bond acceptors (Lipinski definition) is 6. The van der Waals surface area contributed by atoms with Crippen molar-refractivity contribution in [3.63, 3.8) is 0 Å². The summed E-state index contributed by atoms with van der Waals surface area (Å²) in [6.07, 6.45) is 3.50. The Morgan fingerprint density at radius 3 is 2.62 bits per heavy atom. The molecule has 0 aliphatic carbocycles. The van der Waals surface area contributed by atoms with Crippen molar-refractivity contribution in [2.45, 2.75) is 6.42 Å². The Balaban J connectivity index is 1.26. The monoisotopic (exact) mass is 478 g/mol. The highest BCUT2D eigenvalue weighted by Gasteiger charge is 2.25. The molecule has 2 aromatic carbocycles. The number of benzene rings is 2. The number of anilines is 1. The van der Waals surface area contributed by atoms with Gasteiger partial charge in [-0.25, -0.2) is 0 Å². The van der Waals surface area contributed by atoms with Gasteiger partial charge >= 0.3 is 0 Å². The van der Waals surface area contributed by atoms with Crippen LogP contribution in [0.3, 0.4) is 0 Å². The summed E-state index contributed by atoms with van der Waals surface area (Å²) in [5.41, 5.74) is 2.41.